The van der Waals surface area contributed by atoms with Crippen LogP contribution in [0.5, 0.6) is 5.75 Å². The molecule has 0 bridgehead atoms. The van der Waals surface area contributed by atoms with E-state index < -0.39 is 46.9 Å². The van der Waals surface area contributed by atoms with Crippen molar-refractivity contribution in [3.05, 3.63) is 65.4 Å². The van der Waals surface area contributed by atoms with Gasteiger partial charge in [0.2, 0.25) is 0 Å². The van der Waals surface area contributed by atoms with Gasteiger partial charge in [-0.2, -0.15) is 13.2 Å². The van der Waals surface area contributed by atoms with Crippen molar-refractivity contribution in [1.82, 2.24) is 9.97 Å². The van der Waals surface area contributed by atoms with Crippen LogP contribution in [0.15, 0.2) is 41.5 Å². The number of fused-ring (bicyclic) bond motifs is 1. The molecule has 3 rings (SSSR count). The summed E-state index contributed by atoms with van der Waals surface area (Å²) in [5.74, 6) is -3.67. The summed E-state index contributed by atoms with van der Waals surface area (Å²) in [6, 6.07) is 4.28. The molecule has 1 heterocycles. The molecule has 2 aromatic carbocycles. The number of ether oxygens (including phenoxy) is 1. The molecule has 1 unspecified atom stereocenters. The second kappa shape index (κ2) is 9.41. The molecular formula is C23H19F6N3O2. The van der Waals surface area contributed by atoms with Crippen molar-refractivity contribution in [2.24, 2.45) is 4.99 Å². The number of methoxy groups -OCH3 is 1. The van der Waals surface area contributed by atoms with Crippen LogP contribution < -0.4 is 4.74 Å². The van der Waals surface area contributed by atoms with Crippen LogP contribution in [0.3, 0.4) is 0 Å². The zero-order valence-electron chi connectivity index (χ0n) is 18.2. The molecule has 5 nitrogen and oxygen atoms in total. The Morgan fingerprint density at radius 2 is 1.88 bits per heavy atom. The lowest BCUT2D eigenvalue weighted by Gasteiger charge is -2.28. The van der Waals surface area contributed by atoms with Crippen LogP contribution in [-0.2, 0) is 0 Å². The third kappa shape index (κ3) is 4.74. The van der Waals surface area contributed by atoms with E-state index in [-0.39, 0.29) is 34.3 Å². The van der Waals surface area contributed by atoms with Crippen LogP contribution in [0.1, 0.15) is 24.7 Å². The van der Waals surface area contributed by atoms with Gasteiger partial charge in [0.05, 0.1) is 12.8 Å². The Balaban J connectivity index is 2.10. The number of para-hydroxylation sites is 1. The van der Waals surface area contributed by atoms with Gasteiger partial charge in [-0.15, -0.1) is 0 Å². The molecule has 0 fully saturated rings. The molecule has 11 heteroatoms. The van der Waals surface area contributed by atoms with E-state index in [0.717, 1.165) is 19.4 Å². The molecule has 180 valence electrons. The molecule has 3 aromatic rings. The second-order valence-corrected chi connectivity index (χ2v) is 7.36. The van der Waals surface area contributed by atoms with Gasteiger partial charge in [-0.1, -0.05) is 18.2 Å². The van der Waals surface area contributed by atoms with Gasteiger partial charge >= 0.3 is 6.18 Å². The highest BCUT2D eigenvalue weighted by Gasteiger charge is 2.53. The van der Waals surface area contributed by atoms with E-state index in [4.69, 9.17) is 4.74 Å². The second-order valence-electron chi connectivity index (χ2n) is 7.36. The fraction of sp³-hybridized carbons (Fsp3) is 0.261. The highest BCUT2D eigenvalue weighted by atomic mass is 19.4. The summed E-state index contributed by atoms with van der Waals surface area (Å²) in [6.45, 7) is 2.84. The zero-order valence-corrected chi connectivity index (χ0v) is 18.2. The van der Waals surface area contributed by atoms with Crippen LogP contribution >= 0.6 is 0 Å². The van der Waals surface area contributed by atoms with Gasteiger partial charge in [0.15, 0.2) is 28.8 Å². The summed E-state index contributed by atoms with van der Waals surface area (Å²) in [5, 5.41) is 10.4. The van der Waals surface area contributed by atoms with E-state index in [9.17, 15) is 31.4 Å². The van der Waals surface area contributed by atoms with Gasteiger partial charge < -0.3 is 9.84 Å². The number of aryl methyl sites for hydroxylation is 1. The number of hydrogen-bond donors (Lipinski definition) is 1. The van der Waals surface area contributed by atoms with Crippen LogP contribution in [0.25, 0.3) is 16.5 Å². The summed E-state index contributed by atoms with van der Waals surface area (Å²) in [7, 11) is 1.16. The number of aliphatic imine (C=N–C) groups is 1. The lowest BCUT2D eigenvalue weighted by atomic mass is 9.90. The fourth-order valence-corrected chi connectivity index (χ4v) is 3.31. The van der Waals surface area contributed by atoms with Crippen LogP contribution in [0.2, 0.25) is 0 Å². The van der Waals surface area contributed by atoms with E-state index in [2.05, 4.69) is 15.0 Å². The first-order chi connectivity index (χ1) is 15.9. The normalized spacial score (nSPS) is 14.6. The minimum absolute atomic E-state index is 0.00299. The highest BCUT2D eigenvalue weighted by Crippen LogP contribution is 2.40. The first-order valence-electron chi connectivity index (χ1n) is 9.85. The predicted molar refractivity (Wildman–Crippen MR) is 115 cm³/mol. The number of rotatable bonds is 6. The standard InChI is InChI=1S/C23H19F6N3O2/c1-4-13(14-6-5-7-16(24)21(14)34-3)9-22(33,23(27,28)29)11-31-18-8-17(25)19(26)20-15(18)10-30-12(2)32-20/h4-8,10-11,33H,9H2,1-3H3/b13-4-,31-11+. The number of aliphatic hydroxyl groups is 1. The number of hydrogen-bond acceptors (Lipinski definition) is 5. The Labute approximate surface area is 190 Å². The van der Waals surface area contributed by atoms with E-state index in [1.807, 2.05) is 0 Å². The molecule has 0 saturated heterocycles. The van der Waals surface area contributed by atoms with E-state index in [1.165, 1.54) is 32.1 Å². The van der Waals surface area contributed by atoms with E-state index in [1.54, 1.807) is 0 Å². The predicted octanol–water partition coefficient (Wildman–Crippen LogP) is 5.85. The number of halogens is 6. The summed E-state index contributed by atoms with van der Waals surface area (Å²) in [6.07, 6.45) is -3.74. The maximum atomic E-state index is 14.1. The number of aromatic nitrogens is 2. The third-order valence-corrected chi connectivity index (χ3v) is 5.10. The van der Waals surface area contributed by atoms with Crippen molar-refractivity contribution in [3.63, 3.8) is 0 Å². The molecule has 0 amide bonds. The summed E-state index contributed by atoms with van der Waals surface area (Å²) in [5.41, 5.74) is -4.51. The van der Waals surface area contributed by atoms with Gasteiger partial charge in [-0.3, -0.25) is 4.99 Å². The van der Waals surface area contributed by atoms with Crippen molar-refractivity contribution < 1.29 is 36.2 Å². The Bertz CT molecular complexity index is 1290. The lowest BCUT2D eigenvalue weighted by Crippen LogP contribution is -2.46. The summed E-state index contributed by atoms with van der Waals surface area (Å²) < 4.78 is 89.1. The van der Waals surface area contributed by atoms with Crippen LogP contribution in [0, 0.1) is 24.4 Å². The summed E-state index contributed by atoms with van der Waals surface area (Å²) in [4.78, 5) is 11.3. The minimum Gasteiger partial charge on any atom is -0.493 e. The molecule has 0 saturated carbocycles. The van der Waals surface area contributed by atoms with Gasteiger partial charge in [0.25, 0.3) is 0 Å². The molecule has 0 spiro atoms. The summed E-state index contributed by atoms with van der Waals surface area (Å²) >= 11 is 0. The third-order valence-electron chi connectivity index (χ3n) is 5.10. The number of alkyl halides is 3. The largest absolute Gasteiger partial charge is 0.493 e. The van der Waals surface area contributed by atoms with Crippen molar-refractivity contribution in [2.45, 2.75) is 32.0 Å². The molecule has 1 atom stereocenters. The van der Waals surface area contributed by atoms with Crippen molar-refractivity contribution in [2.75, 3.05) is 7.11 Å². The minimum atomic E-state index is -5.23. The van der Waals surface area contributed by atoms with Gasteiger partial charge in [-0.25, -0.2) is 23.1 Å². The molecule has 1 aromatic heterocycles. The molecule has 1 N–H and O–H groups in total. The van der Waals surface area contributed by atoms with Crippen LogP contribution in [-0.4, -0.2) is 40.2 Å². The molecular weight excluding hydrogens is 464 g/mol. The average molecular weight is 483 g/mol. The van der Waals surface area contributed by atoms with E-state index in [0.29, 0.717) is 6.07 Å². The topological polar surface area (TPSA) is 67.6 Å². The van der Waals surface area contributed by atoms with Gasteiger partial charge in [-0.05, 0) is 25.5 Å². The van der Waals surface area contributed by atoms with Crippen LogP contribution in [0.4, 0.5) is 32.0 Å². The zero-order chi connectivity index (χ0) is 25.3. The first kappa shape index (κ1) is 25.2. The Morgan fingerprint density at radius 1 is 1.18 bits per heavy atom. The Hall–Kier alpha value is -3.47. The smallest absolute Gasteiger partial charge is 0.422 e. The maximum absolute atomic E-state index is 14.1. The SMILES string of the molecule is C/C=C(/CC(O)(/C=N/c1cc(F)c(F)c2nc(C)ncc12)C(F)(F)F)c1cccc(F)c1OC. The van der Waals surface area contributed by atoms with Gasteiger partial charge in [0, 0.05) is 35.8 Å². The fourth-order valence-electron chi connectivity index (χ4n) is 3.31. The van der Waals surface area contributed by atoms with E-state index >= 15 is 0 Å². The number of allylic oxidation sites excluding steroid dienone is 1. The molecule has 0 aliphatic heterocycles. The van der Waals surface area contributed by atoms with Crippen molar-refractivity contribution in [1.29, 1.82) is 0 Å². The molecule has 0 radical (unpaired) electrons. The average Bonchev–Trinajstić information content (AvgIpc) is 2.78. The number of nitrogens with zero attached hydrogens (tertiary/aromatic N) is 3. The Kier molecular flexibility index (Phi) is 6.97. The number of benzene rings is 2. The molecule has 34 heavy (non-hydrogen) atoms. The monoisotopic (exact) mass is 483 g/mol. The maximum Gasteiger partial charge on any atom is 0.422 e. The Morgan fingerprint density at radius 3 is 2.50 bits per heavy atom. The van der Waals surface area contributed by atoms with Crippen molar-refractivity contribution in [3.8, 4) is 5.75 Å². The van der Waals surface area contributed by atoms with Gasteiger partial charge in [0.1, 0.15) is 11.3 Å². The molecule has 0 aliphatic rings. The quantitative estimate of drug-likeness (QED) is 0.353. The lowest BCUT2D eigenvalue weighted by molar-refractivity contribution is -0.226. The molecule has 0 aliphatic carbocycles. The van der Waals surface area contributed by atoms with Crippen molar-refractivity contribution >= 4 is 28.4 Å². The highest BCUT2D eigenvalue weighted by molar-refractivity contribution is 5.92. The first-order valence-corrected chi connectivity index (χ1v) is 9.85.